The lowest BCUT2D eigenvalue weighted by molar-refractivity contribution is 0.944. The summed E-state index contributed by atoms with van der Waals surface area (Å²) < 4.78 is 3.44. The van der Waals surface area contributed by atoms with E-state index in [0.29, 0.717) is 0 Å². The largest absolute Gasteiger partial charge is 0.334 e. The minimum atomic E-state index is 0.802. The van der Waals surface area contributed by atoms with Crippen molar-refractivity contribution in [2.75, 3.05) is 0 Å². The minimum Gasteiger partial charge on any atom is -0.334 e. The van der Waals surface area contributed by atoms with Crippen molar-refractivity contribution in [3.8, 4) is 0 Å². The molecule has 0 saturated heterocycles. The number of aryl methyl sites for hydroxylation is 1. The fourth-order valence-corrected chi connectivity index (χ4v) is 2.98. The average molecular weight is 298 g/mol. The monoisotopic (exact) mass is 298 g/mol. The first kappa shape index (κ1) is 8.71. The summed E-state index contributed by atoms with van der Waals surface area (Å²) in [6.07, 6.45) is 6.80. The molecule has 0 radical (unpaired) electrons. The molecule has 0 unspecified atom stereocenters. The van der Waals surface area contributed by atoms with Crippen molar-refractivity contribution in [1.29, 1.82) is 0 Å². The third-order valence-corrected chi connectivity index (χ3v) is 3.68. The number of aromatic nitrogens is 2. The predicted octanol–water partition coefficient (Wildman–Crippen LogP) is 3.06. The standard InChI is InChI=1S/C11H11IN2/c1-14-6-9(12)10-8(7-2-3-7)4-5-13-11(10)14/h4-7H,2-3H2,1H3. The summed E-state index contributed by atoms with van der Waals surface area (Å²) in [5, 5.41) is 1.37. The molecule has 0 atom stereocenters. The number of hydrogen-bond donors (Lipinski definition) is 0. The van der Waals surface area contributed by atoms with Crippen molar-refractivity contribution in [2.45, 2.75) is 18.8 Å². The third kappa shape index (κ3) is 1.18. The highest BCUT2D eigenvalue weighted by Crippen LogP contribution is 2.43. The van der Waals surface area contributed by atoms with Crippen molar-refractivity contribution >= 4 is 33.6 Å². The van der Waals surface area contributed by atoms with Gasteiger partial charge in [-0.2, -0.15) is 0 Å². The Morgan fingerprint density at radius 1 is 1.50 bits per heavy atom. The van der Waals surface area contributed by atoms with Gasteiger partial charge in [-0.3, -0.25) is 0 Å². The van der Waals surface area contributed by atoms with Crippen LogP contribution in [0.3, 0.4) is 0 Å². The van der Waals surface area contributed by atoms with E-state index in [2.05, 4.69) is 51.5 Å². The van der Waals surface area contributed by atoms with Crippen LogP contribution in [0, 0.1) is 3.57 Å². The van der Waals surface area contributed by atoms with E-state index < -0.39 is 0 Å². The summed E-state index contributed by atoms with van der Waals surface area (Å²) in [6, 6.07) is 2.18. The minimum absolute atomic E-state index is 0.802. The van der Waals surface area contributed by atoms with E-state index in [-0.39, 0.29) is 0 Å². The molecule has 0 spiro atoms. The molecule has 3 rings (SSSR count). The first-order chi connectivity index (χ1) is 6.77. The smallest absolute Gasteiger partial charge is 0.140 e. The first-order valence-corrected chi connectivity index (χ1v) is 5.94. The zero-order chi connectivity index (χ0) is 9.71. The van der Waals surface area contributed by atoms with Gasteiger partial charge < -0.3 is 4.57 Å². The quantitative estimate of drug-likeness (QED) is 0.740. The molecular formula is C11H11IN2. The highest BCUT2D eigenvalue weighted by molar-refractivity contribution is 14.1. The Hall–Kier alpha value is -0.580. The summed E-state index contributed by atoms with van der Waals surface area (Å²) in [6.45, 7) is 0. The predicted molar refractivity (Wildman–Crippen MR) is 65.4 cm³/mol. The summed E-state index contributed by atoms with van der Waals surface area (Å²) in [4.78, 5) is 4.43. The zero-order valence-corrected chi connectivity index (χ0v) is 10.2. The third-order valence-electron chi connectivity index (χ3n) is 2.86. The molecule has 2 heterocycles. The van der Waals surface area contributed by atoms with Crippen molar-refractivity contribution in [3.63, 3.8) is 0 Å². The lowest BCUT2D eigenvalue weighted by Crippen LogP contribution is -1.89. The Morgan fingerprint density at radius 3 is 3.00 bits per heavy atom. The van der Waals surface area contributed by atoms with Gasteiger partial charge in [-0.15, -0.1) is 0 Å². The summed E-state index contributed by atoms with van der Waals surface area (Å²) in [5.41, 5.74) is 2.62. The number of halogens is 1. The highest BCUT2D eigenvalue weighted by atomic mass is 127. The molecule has 2 nitrogen and oxygen atoms in total. The maximum atomic E-state index is 4.43. The topological polar surface area (TPSA) is 17.8 Å². The van der Waals surface area contributed by atoms with Crippen LogP contribution in [-0.2, 0) is 7.05 Å². The Labute approximate surface area is 96.5 Å². The molecule has 72 valence electrons. The van der Waals surface area contributed by atoms with Crippen LogP contribution in [0.4, 0.5) is 0 Å². The SMILES string of the molecule is Cn1cc(I)c2c(C3CC3)ccnc21. The number of rotatable bonds is 1. The Balaban J connectivity index is 2.38. The zero-order valence-electron chi connectivity index (χ0n) is 8.00. The van der Waals surface area contributed by atoms with Crippen LogP contribution in [0.25, 0.3) is 11.0 Å². The molecule has 0 aliphatic heterocycles. The molecule has 2 aromatic heterocycles. The Morgan fingerprint density at radius 2 is 2.29 bits per heavy atom. The number of pyridine rings is 1. The van der Waals surface area contributed by atoms with E-state index in [9.17, 15) is 0 Å². The van der Waals surface area contributed by atoms with E-state index in [1.54, 1.807) is 0 Å². The van der Waals surface area contributed by atoms with Crippen LogP contribution in [0.1, 0.15) is 24.3 Å². The Kier molecular flexibility index (Phi) is 1.84. The molecule has 1 aliphatic carbocycles. The van der Waals surface area contributed by atoms with Gasteiger partial charge in [0.05, 0.1) is 0 Å². The maximum Gasteiger partial charge on any atom is 0.140 e. The fraction of sp³-hybridized carbons (Fsp3) is 0.364. The normalized spacial score (nSPS) is 16.4. The van der Waals surface area contributed by atoms with E-state index in [1.807, 2.05) is 6.20 Å². The van der Waals surface area contributed by atoms with E-state index in [0.717, 1.165) is 11.6 Å². The van der Waals surface area contributed by atoms with Crippen LogP contribution in [0.15, 0.2) is 18.5 Å². The molecule has 1 fully saturated rings. The summed E-state index contributed by atoms with van der Waals surface area (Å²) in [7, 11) is 2.06. The van der Waals surface area contributed by atoms with E-state index >= 15 is 0 Å². The van der Waals surface area contributed by atoms with E-state index in [4.69, 9.17) is 0 Å². The Bertz CT molecular complexity index is 497. The summed E-state index contributed by atoms with van der Waals surface area (Å²) in [5.74, 6) is 0.802. The lowest BCUT2D eigenvalue weighted by atomic mass is 10.1. The fourth-order valence-electron chi connectivity index (χ4n) is 2.01. The lowest BCUT2D eigenvalue weighted by Gasteiger charge is -2.01. The van der Waals surface area contributed by atoms with Gasteiger partial charge in [0.1, 0.15) is 5.65 Å². The molecular weight excluding hydrogens is 287 g/mol. The van der Waals surface area contributed by atoms with Gasteiger partial charge in [0.25, 0.3) is 0 Å². The van der Waals surface area contributed by atoms with Gasteiger partial charge in [0.2, 0.25) is 0 Å². The molecule has 14 heavy (non-hydrogen) atoms. The maximum absolute atomic E-state index is 4.43. The highest BCUT2D eigenvalue weighted by Gasteiger charge is 2.26. The van der Waals surface area contributed by atoms with Crippen molar-refractivity contribution < 1.29 is 0 Å². The molecule has 2 aromatic rings. The number of nitrogens with zero attached hydrogens (tertiary/aromatic N) is 2. The molecule has 1 saturated carbocycles. The van der Waals surface area contributed by atoms with Crippen LogP contribution in [0.2, 0.25) is 0 Å². The van der Waals surface area contributed by atoms with Crippen LogP contribution in [-0.4, -0.2) is 9.55 Å². The molecule has 3 heteroatoms. The van der Waals surface area contributed by atoms with Gasteiger partial charge >= 0.3 is 0 Å². The van der Waals surface area contributed by atoms with Crippen molar-refractivity contribution in [2.24, 2.45) is 7.05 Å². The van der Waals surface area contributed by atoms with Gasteiger partial charge in [-0.1, -0.05) is 0 Å². The molecule has 0 bridgehead atoms. The van der Waals surface area contributed by atoms with Crippen LogP contribution in [0.5, 0.6) is 0 Å². The molecule has 0 N–H and O–H groups in total. The van der Waals surface area contributed by atoms with Gasteiger partial charge in [0.15, 0.2) is 0 Å². The average Bonchev–Trinajstić information content (AvgIpc) is 2.96. The van der Waals surface area contributed by atoms with Crippen LogP contribution >= 0.6 is 22.6 Å². The second-order valence-electron chi connectivity index (χ2n) is 3.96. The number of fused-ring (bicyclic) bond motifs is 1. The summed E-state index contributed by atoms with van der Waals surface area (Å²) >= 11 is 2.40. The second kappa shape index (κ2) is 2.95. The van der Waals surface area contributed by atoms with Crippen molar-refractivity contribution in [1.82, 2.24) is 9.55 Å². The molecule has 0 amide bonds. The second-order valence-corrected chi connectivity index (χ2v) is 5.12. The van der Waals surface area contributed by atoms with Gasteiger partial charge in [0, 0.05) is 28.4 Å². The van der Waals surface area contributed by atoms with Crippen LogP contribution < -0.4 is 0 Å². The van der Waals surface area contributed by atoms with E-state index in [1.165, 1.54) is 27.4 Å². The van der Waals surface area contributed by atoms with Gasteiger partial charge in [-0.05, 0) is 53.0 Å². The first-order valence-electron chi connectivity index (χ1n) is 4.87. The molecule has 0 aromatic carbocycles. The van der Waals surface area contributed by atoms with Gasteiger partial charge in [-0.25, -0.2) is 4.98 Å². The van der Waals surface area contributed by atoms with Crippen molar-refractivity contribution in [3.05, 3.63) is 27.6 Å². The number of hydrogen-bond acceptors (Lipinski definition) is 1. The molecule has 1 aliphatic rings.